The monoisotopic (exact) mass is 262 g/mol. The summed E-state index contributed by atoms with van der Waals surface area (Å²) in [5.41, 5.74) is 0. The van der Waals surface area contributed by atoms with Crippen LogP contribution in [-0.4, -0.2) is 29.1 Å². The highest BCUT2D eigenvalue weighted by atomic mass is 79.9. The quantitative estimate of drug-likeness (QED) is 0.536. The number of rotatable bonds is 1. The van der Waals surface area contributed by atoms with Crippen molar-refractivity contribution in [3.63, 3.8) is 0 Å². The zero-order valence-electron chi connectivity index (χ0n) is 8.24. The van der Waals surface area contributed by atoms with Crippen molar-refractivity contribution in [3.8, 4) is 0 Å². The molecule has 2 aliphatic heterocycles. The second-order valence-corrected chi connectivity index (χ2v) is 5.21. The molecule has 80 valence electrons. The van der Waals surface area contributed by atoms with Crippen molar-refractivity contribution >= 4 is 21.9 Å². The number of carbonyl (C=O) groups is 1. The maximum atomic E-state index is 10.9. The Morgan fingerprint density at radius 1 is 1.29 bits per heavy atom. The molecule has 2 aliphatic rings. The topological polar surface area (TPSA) is 35.5 Å². The van der Waals surface area contributed by atoms with Gasteiger partial charge in [0, 0.05) is 11.8 Å². The number of alkyl halides is 1. The second kappa shape index (κ2) is 4.19. The molecule has 14 heavy (non-hydrogen) atoms. The molecule has 2 fully saturated rings. The van der Waals surface area contributed by atoms with Crippen LogP contribution in [0.3, 0.4) is 0 Å². The SMILES string of the molecule is CC(=O)O[C@@H]1CC[C@H]2O[C@@H]1CC[C@H]2Br. The fourth-order valence-electron chi connectivity index (χ4n) is 2.27. The number of fused-ring (bicyclic) bond motifs is 2. The van der Waals surface area contributed by atoms with Gasteiger partial charge in [-0.25, -0.2) is 0 Å². The van der Waals surface area contributed by atoms with Crippen molar-refractivity contribution in [2.75, 3.05) is 0 Å². The Morgan fingerprint density at radius 2 is 2.00 bits per heavy atom. The normalized spacial score (nSPS) is 41.9. The van der Waals surface area contributed by atoms with Gasteiger partial charge in [-0.05, 0) is 25.7 Å². The lowest BCUT2D eigenvalue weighted by atomic mass is 9.90. The molecule has 2 saturated heterocycles. The van der Waals surface area contributed by atoms with Crippen LogP contribution in [0.2, 0.25) is 0 Å². The van der Waals surface area contributed by atoms with Crippen molar-refractivity contribution in [1.82, 2.24) is 0 Å². The largest absolute Gasteiger partial charge is 0.460 e. The average Bonchev–Trinajstić information content (AvgIpc) is 2.14. The Morgan fingerprint density at radius 3 is 2.71 bits per heavy atom. The number of ether oxygens (including phenoxy) is 2. The van der Waals surface area contributed by atoms with E-state index in [9.17, 15) is 4.79 Å². The molecule has 0 aromatic rings. The molecule has 2 rings (SSSR count). The van der Waals surface area contributed by atoms with E-state index in [2.05, 4.69) is 15.9 Å². The van der Waals surface area contributed by atoms with Crippen LogP contribution in [-0.2, 0) is 14.3 Å². The first-order valence-electron chi connectivity index (χ1n) is 5.13. The van der Waals surface area contributed by atoms with Crippen LogP contribution in [0.4, 0.5) is 0 Å². The lowest BCUT2D eigenvalue weighted by Gasteiger charge is -2.42. The fraction of sp³-hybridized carbons (Fsp3) is 0.900. The highest BCUT2D eigenvalue weighted by molar-refractivity contribution is 9.09. The molecular weight excluding hydrogens is 248 g/mol. The molecule has 0 spiro atoms. The van der Waals surface area contributed by atoms with Crippen LogP contribution in [0.15, 0.2) is 0 Å². The molecule has 0 aromatic carbocycles. The first-order valence-corrected chi connectivity index (χ1v) is 6.05. The second-order valence-electron chi connectivity index (χ2n) is 4.03. The molecular formula is C10H15BrO3. The van der Waals surface area contributed by atoms with Crippen molar-refractivity contribution in [2.24, 2.45) is 0 Å². The van der Waals surface area contributed by atoms with Crippen LogP contribution < -0.4 is 0 Å². The van der Waals surface area contributed by atoms with E-state index in [1.54, 1.807) is 0 Å². The lowest BCUT2D eigenvalue weighted by Crippen LogP contribution is -2.48. The predicted molar refractivity (Wildman–Crippen MR) is 55.4 cm³/mol. The van der Waals surface area contributed by atoms with Gasteiger partial charge in [-0.1, -0.05) is 15.9 Å². The van der Waals surface area contributed by atoms with E-state index in [1.807, 2.05) is 0 Å². The first kappa shape index (κ1) is 10.4. The Labute approximate surface area is 92.3 Å². The van der Waals surface area contributed by atoms with E-state index in [0.717, 1.165) is 25.7 Å². The smallest absolute Gasteiger partial charge is 0.302 e. The average molecular weight is 263 g/mol. The zero-order chi connectivity index (χ0) is 10.1. The van der Waals surface area contributed by atoms with E-state index in [0.29, 0.717) is 10.9 Å². The maximum Gasteiger partial charge on any atom is 0.302 e. The molecule has 0 saturated carbocycles. The van der Waals surface area contributed by atoms with Crippen molar-refractivity contribution in [2.45, 2.75) is 55.7 Å². The van der Waals surface area contributed by atoms with Gasteiger partial charge in [0.25, 0.3) is 0 Å². The van der Waals surface area contributed by atoms with Crippen LogP contribution in [0.1, 0.15) is 32.6 Å². The number of carbonyl (C=O) groups excluding carboxylic acids is 1. The van der Waals surface area contributed by atoms with Crippen LogP contribution in [0.5, 0.6) is 0 Å². The number of hydrogen-bond acceptors (Lipinski definition) is 3. The molecule has 0 aromatic heterocycles. The fourth-order valence-corrected chi connectivity index (χ4v) is 2.93. The summed E-state index contributed by atoms with van der Waals surface area (Å²) in [6.07, 6.45) is 4.48. The third-order valence-electron chi connectivity index (χ3n) is 2.95. The Bertz CT molecular complexity index is 231. The van der Waals surface area contributed by atoms with Gasteiger partial charge in [0.05, 0.1) is 12.2 Å². The van der Waals surface area contributed by atoms with Crippen molar-refractivity contribution in [1.29, 1.82) is 0 Å². The van der Waals surface area contributed by atoms with Gasteiger partial charge in [-0.3, -0.25) is 4.79 Å². The standard InChI is InChI=1S/C10H15BrO3/c1-6(12)13-9-5-4-8-7(11)2-3-10(9)14-8/h7-10H,2-5H2,1H3/t7-,8-,9-,10-/m1/s1. The molecule has 0 amide bonds. The summed E-state index contributed by atoms with van der Waals surface area (Å²) in [7, 11) is 0. The van der Waals surface area contributed by atoms with Gasteiger partial charge >= 0.3 is 5.97 Å². The van der Waals surface area contributed by atoms with Gasteiger partial charge in [0.1, 0.15) is 6.10 Å². The van der Waals surface area contributed by atoms with Crippen LogP contribution in [0.25, 0.3) is 0 Å². The van der Waals surface area contributed by atoms with E-state index >= 15 is 0 Å². The summed E-state index contributed by atoms with van der Waals surface area (Å²) >= 11 is 3.61. The third-order valence-corrected chi connectivity index (χ3v) is 4.00. The van der Waals surface area contributed by atoms with Gasteiger partial charge < -0.3 is 9.47 Å². The van der Waals surface area contributed by atoms with Crippen LogP contribution in [0, 0.1) is 0 Å². The molecule has 0 radical (unpaired) electrons. The molecule has 2 heterocycles. The molecule has 0 unspecified atom stereocenters. The first-order chi connectivity index (χ1) is 6.66. The van der Waals surface area contributed by atoms with Crippen molar-refractivity contribution < 1.29 is 14.3 Å². The summed E-state index contributed by atoms with van der Waals surface area (Å²) in [5.74, 6) is -0.196. The lowest BCUT2D eigenvalue weighted by molar-refractivity contribution is -0.177. The van der Waals surface area contributed by atoms with Gasteiger partial charge in [0.15, 0.2) is 0 Å². The highest BCUT2D eigenvalue weighted by Gasteiger charge is 2.39. The van der Waals surface area contributed by atoms with Gasteiger partial charge in [-0.15, -0.1) is 0 Å². The van der Waals surface area contributed by atoms with Crippen molar-refractivity contribution in [3.05, 3.63) is 0 Å². The molecule has 0 aliphatic carbocycles. The Hall–Kier alpha value is -0.0900. The molecule has 2 bridgehead atoms. The minimum Gasteiger partial charge on any atom is -0.460 e. The molecule has 4 atom stereocenters. The number of esters is 1. The van der Waals surface area contributed by atoms with Gasteiger partial charge in [0.2, 0.25) is 0 Å². The van der Waals surface area contributed by atoms with Gasteiger partial charge in [-0.2, -0.15) is 0 Å². The van der Waals surface area contributed by atoms with E-state index < -0.39 is 0 Å². The predicted octanol–water partition coefficient (Wildman–Crippen LogP) is 2.02. The summed E-state index contributed by atoms with van der Waals surface area (Å²) in [6.45, 7) is 1.46. The van der Waals surface area contributed by atoms with E-state index in [4.69, 9.17) is 9.47 Å². The highest BCUT2D eigenvalue weighted by Crippen LogP contribution is 2.35. The Kier molecular flexibility index (Phi) is 3.12. The number of halogens is 1. The Balaban J connectivity index is 1.95. The molecule has 0 N–H and O–H groups in total. The number of hydrogen-bond donors (Lipinski definition) is 0. The minimum absolute atomic E-state index is 0.0104. The summed E-state index contributed by atoms with van der Waals surface area (Å²) in [6, 6.07) is 0. The third kappa shape index (κ3) is 2.11. The van der Waals surface area contributed by atoms with E-state index in [1.165, 1.54) is 6.92 Å². The minimum atomic E-state index is -0.196. The maximum absolute atomic E-state index is 10.9. The summed E-state index contributed by atoms with van der Waals surface area (Å²) in [4.78, 5) is 11.3. The summed E-state index contributed by atoms with van der Waals surface area (Å²) in [5, 5.41) is 0. The van der Waals surface area contributed by atoms with Crippen LogP contribution >= 0.6 is 15.9 Å². The summed E-state index contributed by atoms with van der Waals surface area (Å²) < 4.78 is 11.1. The zero-order valence-corrected chi connectivity index (χ0v) is 9.83. The molecule has 3 nitrogen and oxygen atoms in total. The van der Waals surface area contributed by atoms with E-state index in [-0.39, 0.29) is 18.2 Å². The molecule has 4 heteroatoms.